The first-order chi connectivity index (χ1) is 17.9. The van der Waals surface area contributed by atoms with E-state index in [1.54, 1.807) is 0 Å². The summed E-state index contributed by atoms with van der Waals surface area (Å²) < 4.78 is 0. The van der Waals surface area contributed by atoms with Crippen LogP contribution in [0.1, 0.15) is 56.2 Å². The molecule has 0 aliphatic rings. The predicted molar refractivity (Wildman–Crippen MR) is 158 cm³/mol. The molecule has 0 aliphatic heterocycles. The Morgan fingerprint density at radius 2 is 1.14 bits per heavy atom. The van der Waals surface area contributed by atoms with Crippen LogP contribution >= 0.6 is 0 Å². The van der Waals surface area contributed by atoms with Crippen LogP contribution in [0.3, 0.4) is 0 Å². The Morgan fingerprint density at radius 1 is 0.649 bits per heavy atom. The topological polar surface area (TPSA) is 46.0 Å². The van der Waals surface area contributed by atoms with Gasteiger partial charge in [-0.3, -0.25) is 9.97 Å². The molecule has 0 amide bonds. The smallest absolute Gasteiger partial charge is 0.121 e. The lowest BCUT2D eigenvalue weighted by atomic mass is 9.99. The quantitative estimate of drug-likeness (QED) is 0.240. The van der Waals surface area contributed by atoms with Crippen molar-refractivity contribution in [3.63, 3.8) is 0 Å². The first-order valence-electron chi connectivity index (χ1n) is 13.3. The lowest BCUT2D eigenvalue weighted by molar-refractivity contribution is 0.466. The van der Waals surface area contributed by atoms with Crippen molar-refractivity contribution in [3.05, 3.63) is 114 Å². The van der Waals surface area contributed by atoms with E-state index in [0.717, 1.165) is 23.5 Å². The van der Waals surface area contributed by atoms with E-state index < -0.39 is 0 Å². The third-order valence-corrected chi connectivity index (χ3v) is 6.40. The number of aromatic hydroxyl groups is 1. The van der Waals surface area contributed by atoms with E-state index in [2.05, 4.69) is 60.2 Å². The molecule has 3 aromatic carbocycles. The van der Waals surface area contributed by atoms with Gasteiger partial charge in [-0.25, -0.2) is 0 Å². The normalized spacial score (nSPS) is 10.5. The average molecular weight is 493 g/mol. The van der Waals surface area contributed by atoms with Gasteiger partial charge in [0, 0.05) is 24.8 Å². The molecule has 3 heteroatoms. The number of nitrogens with zero attached hydrogens (tertiary/aromatic N) is 2. The minimum atomic E-state index is 0.452. The fourth-order valence-corrected chi connectivity index (χ4v) is 4.30. The van der Waals surface area contributed by atoms with Crippen LogP contribution in [0.25, 0.3) is 21.5 Å². The number of unbranched alkanes of at least 4 members (excludes halogenated alkanes) is 2. The molecule has 0 fully saturated rings. The summed E-state index contributed by atoms with van der Waals surface area (Å²) in [5.41, 5.74) is 3.37. The molecule has 5 rings (SSSR count). The Labute approximate surface area is 222 Å². The van der Waals surface area contributed by atoms with Crippen LogP contribution in [0.5, 0.6) is 5.75 Å². The number of hydrogen-bond acceptors (Lipinski definition) is 3. The number of aryl methyl sites for hydroxylation is 3. The zero-order valence-corrected chi connectivity index (χ0v) is 22.7. The lowest BCUT2D eigenvalue weighted by Crippen LogP contribution is -1.91. The number of pyridine rings is 2. The second-order valence-corrected chi connectivity index (χ2v) is 10.0. The van der Waals surface area contributed by atoms with Crippen molar-refractivity contribution in [2.45, 2.75) is 59.8 Å². The van der Waals surface area contributed by atoms with Crippen molar-refractivity contribution in [1.29, 1.82) is 0 Å². The van der Waals surface area contributed by atoms with E-state index >= 15 is 0 Å². The van der Waals surface area contributed by atoms with Crippen LogP contribution in [-0.4, -0.2) is 15.1 Å². The maximum absolute atomic E-state index is 9.70. The van der Waals surface area contributed by atoms with Gasteiger partial charge in [0.2, 0.25) is 0 Å². The predicted octanol–water partition coefficient (Wildman–Crippen LogP) is 9.24. The first kappa shape index (κ1) is 27.9. The number of benzene rings is 3. The highest BCUT2D eigenvalue weighted by Crippen LogP contribution is 2.24. The van der Waals surface area contributed by atoms with Gasteiger partial charge in [-0.15, -0.1) is 0 Å². The molecule has 5 aromatic rings. The molecule has 0 saturated heterocycles. The number of rotatable bonds is 6. The van der Waals surface area contributed by atoms with Crippen molar-refractivity contribution in [1.82, 2.24) is 9.97 Å². The molecule has 37 heavy (non-hydrogen) atoms. The molecule has 0 aliphatic carbocycles. The Kier molecular flexibility index (Phi) is 11.1. The lowest BCUT2D eigenvalue weighted by Gasteiger charge is -2.08. The number of fused-ring (bicyclic) bond motifs is 2. The second kappa shape index (κ2) is 14.7. The Hall–Kier alpha value is -3.72. The average Bonchev–Trinajstić information content (AvgIpc) is 2.92. The van der Waals surface area contributed by atoms with Gasteiger partial charge < -0.3 is 5.11 Å². The Morgan fingerprint density at radius 3 is 1.59 bits per heavy atom. The molecular formula is C34H40N2O. The van der Waals surface area contributed by atoms with Crippen LogP contribution in [0.4, 0.5) is 0 Å². The summed E-state index contributed by atoms with van der Waals surface area (Å²) in [6.07, 6.45) is 13.8. The van der Waals surface area contributed by atoms with Crippen molar-refractivity contribution in [2.24, 2.45) is 5.92 Å². The highest BCUT2D eigenvalue weighted by atomic mass is 16.3. The van der Waals surface area contributed by atoms with Crippen molar-refractivity contribution in [2.75, 3.05) is 0 Å². The molecule has 2 aromatic heterocycles. The summed E-state index contributed by atoms with van der Waals surface area (Å²) in [6.45, 7) is 8.52. The summed E-state index contributed by atoms with van der Waals surface area (Å²) in [7, 11) is 0. The number of phenols is 1. The van der Waals surface area contributed by atoms with Crippen LogP contribution in [0, 0.1) is 19.8 Å². The van der Waals surface area contributed by atoms with Crippen molar-refractivity contribution in [3.8, 4) is 5.75 Å². The first-order valence-corrected chi connectivity index (χ1v) is 13.3. The van der Waals surface area contributed by atoms with Crippen molar-refractivity contribution >= 4 is 21.5 Å². The molecule has 0 radical (unpaired) electrons. The minimum absolute atomic E-state index is 0.452. The fourth-order valence-electron chi connectivity index (χ4n) is 4.30. The number of phenolic OH excluding ortho intramolecular Hbond substituents is 1. The maximum Gasteiger partial charge on any atom is 0.121 e. The molecular weight excluding hydrogens is 452 g/mol. The third-order valence-electron chi connectivity index (χ3n) is 6.40. The van der Waals surface area contributed by atoms with Crippen molar-refractivity contribution < 1.29 is 5.11 Å². The highest BCUT2D eigenvalue weighted by Gasteiger charge is 2.03. The molecule has 0 spiro atoms. The van der Waals surface area contributed by atoms with Gasteiger partial charge >= 0.3 is 0 Å². The van der Waals surface area contributed by atoms with Gasteiger partial charge in [-0.1, -0.05) is 93.8 Å². The SMILES string of the molecule is Cc1cc(CCCCCC(C)C)cc(C)c1O.c1ccc2cnccc2c1.c1ccc2cnccc2c1. The van der Waals surface area contributed by atoms with E-state index in [-0.39, 0.29) is 0 Å². The Balaban J connectivity index is 0.000000162. The molecule has 0 saturated carbocycles. The molecule has 0 unspecified atom stereocenters. The van der Waals surface area contributed by atoms with E-state index in [0.29, 0.717) is 5.75 Å². The summed E-state index contributed by atoms with van der Waals surface area (Å²) in [4.78, 5) is 8.03. The van der Waals surface area contributed by atoms with Crippen LogP contribution < -0.4 is 0 Å². The molecule has 0 bridgehead atoms. The summed E-state index contributed by atoms with van der Waals surface area (Å²) >= 11 is 0. The second-order valence-electron chi connectivity index (χ2n) is 10.0. The fraction of sp³-hybridized carbons (Fsp3) is 0.294. The van der Waals surface area contributed by atoms with E-state index in [9.17, 15) is 5.11 Å². The summed E-state index contributed by atoms with van der Waals surface area (Å²) in [5, 5.41) is 14.6. The standard InChI is InChI=1S/C16H26O.2C9H7N/c1-12(2)8-6-5-7-9-15-10-13(3)16(17)14(4)11-15;2*1-2-4-9-7-10-6-5-8(9)3-1/h10-12,17H,5-9H2,1-4H3;2*1-7H. The highest BCUT2D eigenvalue weighted by molar-refractivity contribution is 5.81. The molecule has 2 heterocycles. The third kappa shape index (κ3) is 9.34. The molecule has 3 nitrogen and oxygen atoms in total. The van der Waals surface area contributed by atoms with Gasteiger partial charge in [0.15, 0.2) is 0 Å². The summed E-state index contributed by atoms with van der Waals surface area (Å²) in [6, 6.07) is 24.6. The summed E-state index contributed by atoms with van der Waals surface area (Å²) in [5.74, 6) is 1.28. The maximum atomic E-state index is 9.70. The van der Waals surface area contributed by atoms with Crippen LogP contribution in [0.2, 0.25) is 0 Å². The van der Waals surface area contributed by atoms with E-state index in [1.807, 2.05) is 75.0 Å². The van der Waals surface area contributed by atoms with Gasteiger partial charge in [0.1, 0.15) is 5.75 Å². The van der Waals surface area contributed by atoms with Gasteiger partial charge in [-0.05, 0) is 83.0 Å². The van der Waals surface area contributed by atoms with E-state index in [4.69, 9.17) is 0 Å². The Bertz CT molecular complexity index is 1150. The van der Waals surface area contributed by atoms with Crippen LogP contribution in [-0.2, 0) is 6.42 Å². The van der Waals surface area contributed by atoms with Gasteiger partial charge in [0.05, 0.1) is 0 Å². The van der Waals surface area contributed by atoms with Gasteiger partial charge in [0.25, 0.3) is 0 Å². The molecule has 0 atom stereocenters. The van der Waals surface area contributed by atoms with Crippen LogP contribution in [0.15, 0.2) is 97.6 Å². The zero-order chi connectivity index (χ0) is 26.5. The monoisotopic (exact) mass is 492 g/mol. The zero-order valence-electron chi connectivity index (χ0n) is 22.7. The number of aromatic nitrogens is 2. The minimum Gasteiger partial charge on any atom is -0.507 e. The number of hydrogen-bond donors (Lipinski definition) is 1. The largest absolute Gasteiger partial charge is 0.507 e. The molecule has 192 valence electrons. The molecule has 1 N–H and O–H groups in total. The van der Waals surface area contributed by atoms with Gasteiger partial charge in [-0.2, -0.15) is 0 Å². The van der Waals surface area contributed by atoms with E-state index in [1.165, 1.54) is 52.8 Å².